The summed E-state index contributed by atoms with van der Waals surface area (Å²) in [7, 11) is 1.48. The van der Waals surface area contributed by atoms with Crippen LogP contribution in [0, 0.1) is 6.92 Å². The molecule has 0 aliphatic heterocycles. The van der Waals surface area contributed by atoms with Crippen LogP contribution in [0.3, 0.4) is 0 Å². The van der Waals surface area contributed by atoms with Gasteiger partial charge in [0.05, 0.1) is 6.54 Å². The van der Waals surface area contributed by atoms with Crippen molar-refractivity contribution in [2.45, 2.75) is 19.6 Å². The number of aliphatic hydroxyl groups is 1. The van der Waals surface area contributed by atoms with Crippen LogP contribution in [0.2, 0.25) is 0 Å². The van der Waals surface area contributed by atoms with E-state index < -0.39 is 17.4 Å². The van der Waals surface area contributed by atoms with Crippen LogP contribution in [0.15, 0.2) is 33.9 Å². The van der Waals surface area contributed by atoms with Gasteiger partial charge in [0.15, 0.2) is 11.2 Å². The molecule has 0 aliphatic carbocycles. The van der Waals surface area contributed by atoms with Crippen molar-refractivity contribution in [3.63, 3.8) is 0 Å². The van der Waals surface area contributed by atoms with Gasteiger partial charge in [-0.05, 0) is 18.6 Å². The van der Waals surface area contributed by atoms with Gasteiger partial charge in [-0.3, -0.25) is 19.8 Å². The van der Waals surface area contributed by atoms with Crippen molar-refractivity contribution in [2.75, 3.05) is 12.0 Å². The van der Waals surface area contributed by atoms with Crippen LogP contribution in [-0.2, 0) is 13.6 Å². The predicted octanol–water partition coefficient (Wildman–Crippen LogP) is -0.543. The summed E-state index contributed by atoms with van der Waals surface area (Å²) >= 11 is 0. The molecule has 0 aliphatic rings. The second kappa shape index (κ2) is 7.02. The smallest absolute Gasteiger partial charge is 0.329 e. The summed E-state index contributed by atoms with van der Waals surface area (Å²) < 4.78 is 8.24. The molecule has 10 heteroatoms. The predicted molar refractivity (Wildman–Crippen MR) is 96.1 cm³/mol. The van der Waals surface area contributed by atoms with Crippen molar-refractivity contribution in [1.82, 2.24) is 19.1 Å². The minimum absolute atomic E-state index is 0.00317. The number of nitrogens with two attached hydrogens (primary N) is 1. The number of nitrogen functional groups attached to an aromatic ring is 1. The number of benzene rings is 1. The van der Waals surface area contributed by atoms with Crippen molar-refractivity contribution >= 4 is 17.1 Å². The molecule has 0 bridgehead atoms. The van der Waals surface area contributed by atoms with E-state index in [1.165, 1.54) is 16.2 Å². The molecule has 0 radical (unpaired) electrons. The van der Waals surface area contributed by atoms with Crippen molar-refractivity contribution < 1.29 is 9.84 Å². The number of fused-ring (bicyclic) bond motifs is 1. The molecular weight excluding hydrogens is 340 g/mol. The SMILES string of the molecule is Cc1ccccc1OC[C@@H](O)Cn1c(NN)nc2c1c(=O)[nH]c(=O)n2C. The summed E-state index contributed by atoms with van der Waals surface area (Å²) in [6.07, 6.45) is -0.934. The van der Waals surface area contributed by atoms with Crippen LogP contribution in [0.4, 0.5) is 5.95 Å². The first kappa shape index (κ1) is 17.7. The highest BCUT2D eigenvalue weighted by Gasteiger charge is 2.19. The largest absolute Gasteiger partial charge is 0.491 e. The minimum atomic E-state index is -0.934. The molecule has 3 aromatic rings. The summed E-state index contributed by atoms with van der Waals surface area (Å²) in [5.74, 6) is 6.29. The van der Waals surface area contributed by atoms with Gasteiger partial charge in [0.25, 0.3) is 5.56 Å². The molecule has 26 heavy (non-hydrogen) atoms. The minimum Gasteiger partial charge on any atom is -0.491 e. The number of aromatic amines is 1. The first-order valence-electron chi connectivity index (χ1n) is 7.95. The van der Waals surface area contributed by atoms with E-state index in [0.29, 0.717) is 5.75 Å². The fraction of sp³-hybridized carbons (Fsp3) is 0.312. The van der Waals surface area contributed by atoms with E-state index in [0.717, 1.165) is 5.56 Å². The Labute approximate surface area is 147 Å². The van der Waals surface area contributed by atoms with Crippen molar-refractivity contribution in [3.8, 4) is 5.75 Å². The quantitative estimate of drug-likeness (QED) is 0.342. The number of aryl methyl sites for hydroxylation is 2. The molecule has 5 N–H and O–H groups in total. The maximum Gasteiger partial charge on any atom is 0.329 e. The third-order valence-electron chi connectivity index (χ3n) is 4.05. The molecule has 1 aromatic carbocycles. The maximum absolute atomic E-state index is 12.2. The molecule has 0 unspecified atom stereocenters. The zero-order chi connectivity index (χ0) is 18.8. The number of para-hydroxylation sites is 1. The van der Waals surface area contributed by atoms with Crippen molar-refractivity contribution in [3.05, 3.63) is 50.7 Å². The molecule has 0 saturated heterocycles. The van der Waals surface area contributed by atoms with Crippen LogP contribution >= 0.6 is 0 Å². The fourth-order valence-corrected chi connectivity index (χ4v) is 2.69. The Morgan fingerprint density at radius 1 is 1.38 bits per heavy atom. The van der Waals surface area contributed by atoms with E-state index in [-0.39, 0.29) is 30.3 Å². The lowest BCUT2D eigenvalue weighted by Crippen LogP contribution is -2.31. The summed E-state index contributed by atoms with van der Waals surface area (Å²) in [5.41, 5.74) is 2.44. The second-order valence-electron chi connectivity index (χ2n) is 5.91. The van der Waals surface area contributed by atoms with E-state index in [2.05, 4.69) is 15.4 Å². The van der Waals surface area contributed by atoms with Gasteiger partial charge in [-0.25, -0.2) is 10.6 Å². The molecule has 1 atom stereocenters. The van der Waals surface area contributed by atoms with Gasteiger partial charge in [0.2, 0.25) is 5.95 Å². The van der Waals surface area contributed by atoms with Gasteiger partial charge in [-0.15, -0.1) is 0 Å². The third kappa shape index (κ3) is 3.19. The van der Waals surface area contributed by atoms with Crippen molar-refractivity contribution in [2.24, 2.45) is 12.9 Å². The zero-order valence-corrected chi connectivity index (χ0v) is 14.4. The topological polar surface area (TPSA) is 140 Å². The third-order valence-corrected chi connectivity index (χ3v) is 4.05. The number of aliphatic hydroxyl groups excluding tert-OH is 1. The highest BCUT2D eigenvalue weighted by Crippen LogP contribution is 2.18. The molecule has 0 spiro atoms. The van der Waals surface area contributed by atoms with E-state index in [1.54, 1.807) is 0 Å². The summed E-state index contributed by atoms with van der Waals surface area (Å²) in [5, 5.41) is 10.3. The molecule has 138 valence electrons. The highest BCUT2D eigenvalue weighted by atomic mass is 16.5. The average Bonchev–Trinajstić information content (AvgIpc) is 2.98. The monoisotopic (exact) mass is 360 g/mol. The Morgan fingerprint density at radius 2 is 2.12 bits per heavy atom. The molecular formula is C16H20N6O4. The molecule has 2 heterocycles. The summed E-state index contributed by atoms with van der Waals surface area (Å²) in [6, 6.07) is 7.45. The van der Waals surface area contributed by atoms with E-state index in [1.807, 2.05) is 31.2 Å². The number of ether oxygens (including phenoxy) is 1. The Balaban J connectivity index is 1.88. The molecule has 10 nitrogen and oxygen atoms in total. The highest BCUT2D eigenvalue weighted by molar-refractivity contribution is 5.74. The molecule has 0 fully saturated rings. The van der Waals surface area contributed by atoms with Crippen LogP contribution in [0.5, 0.6) is 5.75 Å². The first-order chi connectivity index (χ1) is 12.4. The molecule has 3 rings (SSSR count). The molecule has 0 amide bonds. The Kier molecular flexibility index (Phi) is 4.78. The van der Waals surface area contributed by atoms with E-state index >= 15 is 0 Å². The maximum atomic E-state index is 12.2. The number of anilines is 1. The number of nitrogens with one attached hydrogen (secondary N) is 2. The Morgan fingerprint density at radius 3 is 2.81 bits per heavy atom. The number of rotatable bonds is 6. The normalized spacial score (nSPS) is 12.3. The number of aromatic nitrogens is 4. The molecule has 2 aromatic heterocycles. The Bertz CT molecular complexity index is 1050. The standard InChI is InChI=1S/C16H20N6O4/c1-9-5-3-4-6-11(9)26-8-10(23)7-22-12-13(18-15(22)20-17)21(2)16(25)19-14(12)24/h3-6,10,23H,7-8,17H2,1-2H3,(H,18,20)(H,19,24,25)/t10-/m0/s1. The van der Waals surface area contributed by atoms with Crippen molar-refractivity contribution in [1.29, 1.82) is 0 Å². The van der Waals surface area contributed by atoms with Gasteiger partial charge in [0.1, 0.15) is 18.5 Å². The number of hydrazine groups is 1. The lowest BCUT2D eigenvalue weighted by Gasteiger charge is -2.16. The lowest BCUT2D eigenvalue weighted by atomic mass is 10.2. The van der Waals surface area contributed by atoms with Gasteiger partial charge < -0.3 is 14.4 Å². The average molecular weight is 360 g/mol. The van der Waals surface area contributed by atoms with Crippen LogP contribution < -0.4 is 27.3 Å². The number of hydrogen-bond acceptors (Lipinski definition) is 7. The van der Waals surface area contributed by atoms with Gasteiger partial charge in [-0.1, -0.05) is 18.2 Å². The number of nitrogens with zero attached hydrogens (tertiary/aromatic N) is 3. The first-order valence-corrected chi connectivity index (χ1v) is 7.95. The Hall–Kier alpha value is -3.11. The number of hydrogen-bond donors (Lipinski definition) is 4. The number of H-pyrrole nitrogens is 1. The number of imidazole rings is 1. The zero-order valence-electron chi connectivity index (χ0n) is 14.4. The van der Waals surface area contributed by atoms with E-state index in [9.17, 15) is 14.7 Å². The molecule has 0 saturated carbocycles. The van der Waals surface area contributed by atoms with E-state index in [4.69, 9.17) is 10.6 Å². The van der Waals surface area contributed by atoms with Crippen LogP contribution in [-0.4, -0.2) is 36.9 Å². The second-order valence-corrected chi connectivity index (χ2v) is 5.91. The van der Waals surface area contributed by atoms with Gasteiger partial charge in [0, 0.05) is 7.05 Å². The fourth-order valence-electron chi connectivity index (χ4n) is 2.69. The van der Waals surface area contributed by atoms with Gasteiger partial charge in [-0.2, -0.15) is 4.98 Å². The summed E-state index contributed by atoms with van der Waals surface area (Å²) in [4.78, 5) is 30.3. The van der Waals surface area contributed by atoms with Crippen LogP contribution in [0.1, 0.15) is 5.56 Å². The van der Waals surface area contributed by atoms with Gasteiger partial charge >= 0.3 is 5.69 Å². The van der Waals surface area contributed by atoms with Crippen LogP contribution in [0.25, 0.3) is 11.2 Å². The lowest BCUT2D eigenvalue weighted by molar-refractivity contribution is 0.0935. The summed E-state index contributed by atoms with van der Waals surface area (Å²) in [6.45, 7) is 1.92.